The predicted molar refractivity (Wildman–Crippen MR) is 127 cm³/mol. The second-order valence-corrected chi connectivity index (χ2v) is 8.01. The van der Waals surface area contributed by atoms with Crippen LogP contribution in [0, 0.1) is 0 Å². The van der Waals surface area contributed by atoms with Crippen molar-refractivity contribution in [2.45, 2.75) is 96.2 Å². The number of rotatable bonds is 24. The molecule has 0 radical (unpaired) electrons. The Balaban J connectivity index is 4.00. The van der Waals surface area contributed by atoms with Gasteiger partial charge in [-0.2, -0.15) is 0 Å². The van der Waals surface area contributed by atoms with Crippen LogP contribution in [0.2, 0.25) is 0 Å². The Hall–Kier alpha value is -0.990. The third kappa shape index (κ3) is 20.9. The van der Waals surface area contributed by atoms with Gasteiger partial charge in [0, 0.05) is 6.42 Å². The number of aliphatic hydroxyl groups is 2. The van der Waals surface area contributed by atoms with Crippen molar-refractivity contribution >= 4 is 5.97 Å². The van der Waals surface area contributed by atoms with Crippen molar-refractivity contribution in [2.24, 2.45) is 0 Å². The summed E-state index contributed by atoms with van der Waals surface area (Å²) >= 11 is 0. The number of esters is 1. The van der Waals surface area contributed by atoms with E-state index in [-0.39, 0.29) is 18.7 Å². The van der Waals surface area contributed by atoms with Gasteiger partial charge in [-0.15, -0.1) is 0 Å². The van der Waals surface area contributed by atoms with Crippen LogP contribution in [0.3, 0.4) is 0 Å². The molecular formula is C25H48O7. The smallest absolute Gasteiger partial charge is 0.305 e. The summed E-state index contributed by atoms with van der Waals surface area (Å²) in [5.74, 6) is -0.125. The fourth-order valence-electron chi connectivity index (χ4n) is 3.28. The minimum Gasteiger partial charge on any atom is -0.469 e. The zero-order valence-electron chi connectivity index (χ0n) is 20.5. The van der Waals surface area contributed by atoms with E-state index < -0.39 is 6.10 Å². The Bertz CT molecular complexity index is 429. The molecular weight excluding hydrogens is 412 g/mol. The molecule has 0 aromatic carbocycles. The summed E-state index contributed by atoms with van der Waals surface area (Å²) in [5, 5.41) is 19.2. The van der Waals surface area contributed by atoms with E-state index in [9.17, 15) is 9.90 Å². The molecule has 7 nitrogen and oxygen atoms in total. The molecule has 0 heterocycles. The second-order valence-electron chi connectivity index (χ2n) is 8.01. The highest BCUT2D eigenvalue weighted by atomic mass is 16.6. The lowest BCUT2D eigenvalue weighted by atomic mass is 10.0. The highest BCUT2D eigenvalue weighted by molar-refractivity contribution is 5.68. The molecule has 0 spiro atoms. The molecule has 0 aliphatic rings. The average Bonchev–Trinajstić information content (AvgIpc) is 2.80. The Morgan fingerprint density at radius 1 is 0.875 bits per heavy atom. The number of carbonyl (C=O) groups excluding carboxylic acids is 1. The number of unbranched alkanes of at least 4 members (excludes halogenated alkanes) is 7. The van der Waals surface area contributed by atoms with Crippen LogP contribution in [-0.2, 0) is 23.7 Å². The molecule has 7 heteroatoms. The Morgan fingerprint density at radius 2 is 1.56 bits per heavy atom. The summed E-state index contributed by atoms with van der Waals surface area (Å²) < 4.78 is 21.2. The normalized spacial score (nSPS) is 13.5. The molecule has 2 atom stereocenters. The van der Waals surface area contributed by atoms with Crippen LogP contribution >= 0.6 is 0 Å². The highest BCUT2D eigenvalue weighted by Crippen LogP contribution is 2.14. The molecule has 0 rings (SSSR count). The van der Waals surface area contributed by atoms with Crippen molar-refractivity contribution in [3.05, 3.63) is 12.2 Å². The third-order valence-corrected chi connectivity index (χ3v) is 5.21. The molecule has 2 N–H and O–H groups in total. The molecule has 0 saturated heterocycles. The van der Waals surface area contributed by atoms with Gasteiger partial charge in [0.15, 0.2) is 0 Å². The fraction of sp³-hybridized carbons (Fsp3) is 0.880. The molecule has 0 amide bonds. The van der Waals surface area contributed by atoms with Gasteiger partial charge in [-0.05, 0) is 32.1 Å². The zero-order chi connectivity index (χ0) is 23.7. The quantitative estimate of drug-likeness (QED) is 0.127. The maximum absolute atomic E-state index is 11.1. The van der Waals surface area contributed by atoms with Crippen LogP contribution < -0.4 is 0 Å². The number of allylic oxidation sites excluding steroid dienone is 1. The lowest BCUT2D eigenvalue weighted by molar-refractivity contribution is -0.140. The van der Waals surface area contributed by atoms with E-state index >= 15 is 0 Å². The zero-order valence-corrected chi connectivity index (χ0v) is 20.5. The van der Waals surface area contributed by atoms with E-state index in [1.807, 2.05) is 0 Å². The van der Waals surface area contributed by atoms with Gasteiger partial charge in [0.2, 0.25) is 0 Å². The molecule has 190 valence electrons. The van der Waals surface area contributed by atoms with Crippen LogP contribution in [0.15, 0.2) is 12.2 Å². The Kier molecular flexibility index (Phi) is 23.9. The van der Waals surface area contributed by atoms with E-state index in [1.165, 1.54) is 7.11 Å². The summed E-state index contributed by atoms with van der Waals surface area (Å²) in [4.78, 5) is 11.1. The van der Waals surface area contributed by atoms with Gasteiger partial charge in [-0.1, -0.05) is 57.6 Å². The van der Waals surface area contributed by atoms with Gasteiger partial charge in [0.05, 0.1) is 59.0 Å². The number of hydrogen-bond acceptors (Lipinski definition) is 7. The number of aliphatic hydroxyl groups excluding tert-OH is 2. The highest BCUT2D eigenvalue weighted by Gasteiger charge is 2.18. The lowest BCUT2D eigenvalue weighted by Gasteiger charge is -2.22. The summed E-state index contributed by atoms with van der Waals surface area (Å²) in [6.45, 7) is 4.32. The molecule has 0 saturated carbocycles. The Morgan fingerprint density at radius 3 is 2.28 bits per heavy atom. The third-order valence-electron chi connectivity index (χ3n) is 5.21. The largest absolute Gasteiger partial charge is 0.469 e. The van der Waals surface area contributed by atoms with Crippen LogP contribution in [0.1, 0.15) is 84.0 Å². The number of ether oxygens (including phenoxy) is 4. The van der Waals surface area contributed by atoms with E-state index in [1.54, 1.807) is 0 Å². The topological polar surface area (TPSA) is 94.5 Å². The standard InChI is InChI=1S/C25H48O7/c1-3-4-11-14-23(27)24(32-22-21-31-20-19-30-18-17-26)15-12-9-7-5-6-8-10-13-16-25(28)29-2/h9,12,23-24,26-27H,3-8,10-11,13-22H2,1-2H3/b12-9+. The fourth-order valence-corrected chi connectivity index (χ4v) is 3.28. The van der Waals surface area contributed by atoms with Crippen molar-refractivity contribution in [1.29, 1.82) is 0 Å². The first-order valence-electron chi connectivity index (χ1n) is 12.4. The van der Waals surface area contributed by atoms with Crippen LogP contribution in [0.25, 0.3) is 0 Å². The van der Waals surface area contributed by atoms with Crippen molar-refractivity contribution in [1.82, 2.24) is 0 Å². The maximum atomic E-state index is 11.1. The Labute approximate surface area is 195 Å². The average molecular weight is 461 g/mol. The maximum Gasteiger partial charge on any atom is 0.305 e. The minimum absolute atomic E-state index is 0.0191. The van der Waals surface area contributed by atoms with Crippen LogP contribution in [0.4, 0.5) is 0 Å². The summed E-state index contributed by atoms with van der Waals surface area (Å²) in [5.41, 5.74) is 0. The first kappa shape index (κ1) is 31.0. The molecule has 0 aliphatic carbocycles. The van der Waals surface area contributed by atoms with Gasteiger partial charge in [-0.3, -0.25) is 4.79 Å². The molecule has 0 aromatic heterocycles. The van der Waals surface area contributed by atoms with Crippen molar-refractivity contribution in [3.63, 3.8) is 0 Å². The van der Waals surface area contributed by atoms with Crippen LogP contribution in [-0.4, -0.2) is 75.1 Å². The van der Waals surface area contributed by atoms with Crippen molar-refractivity contribution in [3.8, 4) is 0 Å². The van der Waals surface area contributed by atoms with Gasteiger partial charge in [-0.25, -0.2) is 0 Å². The van der Waals surface area contributed by atoms with E-state index in [2.05, 4.69) is 23.8 Å². The SMILES string of the molecule is CCCCCC(O)C(C/C=C/CCCCCCCC(=O)OC)OCCOCCOCCO. The molecule has 32 heavy (non-hydrogen) atoms. The van der Waals surface area contributed by atoms with Crippen molar-refractivity contribution in [2.75, 3.05) is 46.8 Å². The van der Waals surface area contributed by atoms with E-state index in [0.29, 0.717) is 45.9 Å². The summed E-state index contributed by atoms with van der Waals surface area (Å²) in [6, 6.07) is 0. The van der Waals surface area contributed by atoms with E-state index in [4.69, 9.17) is 19.3 Å². The molecule has 0 fully saturated rings. The van der Waals surface area contributed by atoms with Crippen LogP contribution in [0.5, 0.6) is 0 Å². The minimum atomic E-state index is -0.464. The predicted octanol–water partition coefficient (Wildman–Crippen LogP) is 4.19. The number of hydrogen-bond donors (Lipinski definition) is 2. The second kappa shape index (κ2) is 24.6. The molecule has 2 unspecified atom stereocenters. The first-order chi connectivity index (χ1) is 15.7. The molecule has 0 bridgehead atoms. The summed E-state index contributed by atoms with van der Waals surface area (Å²) in [6.07, 6.45) is 15.3. The molecule has 0 aromatic rings. The van der Waals surface area contributed by atoms with Crippen molar-refractivity contribution < 1.29 is 34.0 Å². The van der Waals surface area contributed by atoms with Gasteiger partial charge < -0.3 is 29.2 Å². The van der Waals surface area contributed by atoms with E-state index in [0.717, 1.165) is 64.2 Å². The monoisotopic (exact) mass is 460 g/mol. The summed E-state index contributed by atoms with van der Waals surface area (Å²) in [7, 11) is 1.43. The van der Waals surface area contributed by atoms with Gasteiger partial charge in [0.25, 0.3) is 0 Å². The van der Waals surface area contributed by atoms with Gasteiger partial charge >= 0.3 is 5.97 Å². The lowest BCUT2D eigenvalue weighted by Crippen LogP contribution is -2.30. The molecule has 0 aliphatic heterocycles. The number of methoxy groups -OCH3 is 1. The first-order valence-corrected chi connectivity index (χ1v) is 12.4. The number of carbonyl (C=O) groups is 1. The van der Waals surface area contributed by atoms with Gasteiger partial charge in [0.1, 0.15) is 0 Å².